The van der Waals surface area contributed by atoms with E-state index in [0.29, 0.717) is 47.6 Å². The first-order valence-corrected chi connectivity index (χ1v) is 11.0. The molecule has 1 aromatic heterocycles. The van der Waals surface area contributed by atoms with E-state index in [0.717, 1.165) is 0 Å². The van der Waals surface area contributed by atoms with Gasteiger partial charge in [-0.1, -0.05) is 23.2 Å². The van der Waals surface area contributed by atoms with Crippen molar-refractivity contribution in [3.63, 3.8) is 0 Å². The van der Waals surface area contributed by atoms with Crippen molar-refractivity contribution in [2.45, 2.75) is 11.0 Å². The molecule has 1 atom stereocenters. The second-order valence-corrected chi connectivity index (χ2v) is 9.50. The smallest absolute Gasteiger partial charge is 0.244 e. The van der Waals surface area contributed by atoms with Crippen LogP contribution in [0.15, 0.2) is 41.4 Å². The Labute approximate surface area is 174 Å². The van der Waals surface area contributed by atoms with Crippen LogP contribution in [-0.2, 0) is 10.0 Å². The Bertz CT molecular complexity index is 897. The maximum absolute atomic E-state index is 12.7. The molecule has 28 heavy (non-hydrogen) atoms. The number of benzene rings is 1. The van der Waals surface area contributed by atoms with Gasteiger partial charge in [0.05, 0.1) is 6.10 Å². The van der Waals surface area contributed by atoms with Crippen molar-refractivity contribution in [3.05, 3.63) is 52.1 Å². The average molecular weight is 445 g/mol. The minimum atomic E-state index is -3.55. The molecule has 2 aromatic rings. The highest BCUT2D eigenvalue weighted by Gasteiger charge is 2.27. The van der Waals surface area contributed by atoms with Crippen LogP contribution >= 0.6 is 23.2 Å². The lowest BCUT2D eigenvalue weighted by Gasteiger charge is -2.31. The number of sulfonamides is 1. The molecule has 1 saturated heterocycles. The third-order valence-electron chi connectivity index (χ3n) is 4.58. The van der Waals surface area contributed by atoms with E-state index in [1.54, 1.807) is 24.3 Å². The van der Waals surface area contributed by atoms with Gasteiger partial charge in [-0.15, -0.1) is 0 Å². The average Bonchev–Trinajstić information content (AvgIpc) is 2.66. The summed E-state index contributed by atoms with van der Waals surface area (Å²) in [6.07, 6.45) is 0.491. The van der Waals surface area contributed by atoms with Crippen LogP contribution in [0.1, 0.15) is 11.7 Å². The van der Waals surface area contributed by atoms with E-state index in [-0.39, 0.29) is 11.4 Å². The maximum Gasteiger partial charge on any atom is 0.244 e. The molecule has 0 amide bonds. The van der Waals surface area contributed by atoms with Gasteiger partial charge in [-0.2, -0.15) is 4.31 Å². The van der Waals surface area contributed by atoms with Crippen molar-refractivity contribution in [3.8, 4) is 0 Å². The fourth-order valence-electron chi connectivity index (χ4n) is 2.90. The Morgan fingerprint density at radius 1 is 1.14 bits per heavy atom. The number of aromatic nitrogens is 1. The first-order chi connectivity index (χ1) is 13.3. The lowest BCUT2D eigenvalue weighted by molar-refractivity contribution is 0.191. The predicted molar refractivity (Wildman–Crippen MR) is 110 cm³/mol. The van der Waals surface area contributed by atoms with E-state index in [9.17, 15) is 13.5 Å². The van der Waals surface area contributed by atoms with Gasteiger partial charge in [-0.05, 0) is 42.9 Å². The number of aliphatic hydroxyl groups excluding tert-OH is 1. The van der Waals surface area contributed by atoms with Crippen LogP contribution in [0.2, 0.25) is 10.0 Å². The zero-order valence-electron chi connectivity index (χ0n) is 15.3. The summed E-state index contributed by atoms with van der Waals surface area (Å²) in [6, 6.07) is 7.97. The summed E-state index contributed by atoms with van der Waals surface area (Å²) in [4.78, 5) is 6.42. The molecule has 0 aliphatic carbocycles. The lowest BCUT2D eigenvalue weighted by atomic mass is 10.1. The summed E-state index contributed by atoms with van der Waals surface area (Å²) >= 11 is 11.9. The summed E-state index contributed by atoms with van der Waals surface area (Å²) in [5.74, 6) is 0.463. The third-order valence-corrected chi connectivity index (χ3v) is 6.90. The molecule has 3 rings (SSSR count). The van der Waals surface area contributed by atoms with Crippen molar-refractivity contribution in [1.82, 2.24) is 14.2 Å². The molecule has 0 bridgehead atoms. The summed E-state index contributed by atoms with van der Waals surface area (Å²) in [6.45, 7) is 2.52. The Morgan fingerprint density at radius 2 is 1.79 bits per heavy atom. The van der Waals surface area contributed by atoms with E-state index in [4.69, 9.17) is 23.2 Å². The highest BCUT2D eigenvalue weighted by atomic mass is 35.5. The van der Waals surface area contributed by atoms with Crippen LogP contribution in [0, 0.1) is 0 Å². The topological polar surface area (TPSA) is 85.8 Å². The van der Waals surface area contributed by atoms with Gasteiger partial charge in [0.15, 0.2) is 0 Å². The van der Waals surface area contributed by atoms with Gasteiger partial charge < -0.3 is 15.3 Å². The highest BCUT2D eigenvalue weighted by Crippen LogP contribution is 2.24. The van der Waals surface area contributed by atoms with Crippen LogP contribution < -0.4 is 5.32 Å². The Balaban J connectivity index is 1.62. The van der Waals surface area contributed by atoms with Gasteiger partial charge in [-0.3, -0.25) is 0 Å². The monoisotopic (exact) mass is 444 g/mol. The molecule has 1 unspecified atom stereocenters. The molecule has 0 saturated carbocycles. The zero-order valence-corrected chi connectivity index (χ0v) is 17.7. The molecule has 152 valence electrons. The number of likely N-dealkylation sites (N-methyl/N-ethyl adjacent to an activating group) is 1. The molecule has 0 radical (unpaired) electrons. The van der Waals surface area contributed by atoms with E-state index in [1.165, 1.54) is 16.6 Å². The van der Waals surface area contributed by atoms with Crippen molar-refractivity contribution < 1.29 is 13.5 Å². The molecule has 2 N–H and O–H groups in total. The second-order valence-electron chi connectivity index (χ2n) is 6.69. The van der Waals surface area contributed by atoms with Crippen LogP contribution in [-0.4, -0.2) is 67.5 Å². The molecule has 7 nitrogen and oxygen atoms in total. The first kappa shape index (κ1) is 21.3. The minimum absolute atomic E-state index is 0.157. The predicted octanol–water partition coefficient (Wildman–Crippen LogP) is 2.47. The number of pyridine rings is 1. The standard InChI is InChI=1S/C18H22Cl2N4O3S/c1-23-4-6-24(7-5-23)28(26,27)16-2-3-18(21-11-16)22-12-17(25)13-8-14(19)10-15(20)9-13/h2-3,8-11,17,25H,4-7,12H2,1H3,(H,21,22). The molecular formula is C18H22Cl2N4O3S. The van der Waals surface area contributed by atoms with Crippen LogP contribution in [0.4, 0.5) is 5.82 Å². The van der Waals surface area contributed by atoms with Crippen molar-refractivity contribution in [1.29, 1.82) is 0 Å². The first-order valence-electron chi connectivity index (χ1n) is 8.78. The van der Waals surface area contributed by atoms with Crippen LogP contribution in [0.5, 0.6) is 0 Å². The van der Waals surface area contributed by atoms with Gasteiger partial charge in [0, 0.05) is 49.0 Å². The summed E-state index contributed by atoms with van der Waals surface area (Å²) in [7, 11) is -1.58. The van der Waals surface area contributed by atoms with Crippen molar-refractivity contribution in [2.75, 3.05) is 45.1 Å². The fourth-order valence-corrected chi connectivity index (χ4v) is 4.81. The number of anilines is 1. The van der Waals surface area contributed by atoms with E-state index in [1.807, 2.05) is 7.05 Å². The van der Waals surface area contributed by atoms with Crippen molar-refractivity contribution in [2.24, 2.45) is 0 Å². The highest BCUT2D eigenvalue weighted by molar-refractivity contribution is 7.89. The van der Waals surface area contributed by atoms with Gasteiger partial charge in [0.1, 0.15) is 10.7 Å². The lowest BCUT2D eigenvalue weighted by Crippen LogP contribution is -2.47. The number of piperazine rings is 1. The number of nitrogens with zero attached hydrogens (tertiary/aromatic N) is 3. The molecule has 1 fully saturated rings. The number of aliphatic hydroxyl groups is 1. The molecule has 0 spiro atoms. The molecule has 2 heterocycles. The maximum atomic E-state index is 12.7. The summed E-state index contributed by atoms with van der Waals surface area (Å²) in [5, 5.41) is 14.2. The molecule has 1 aliphatic heterocycles. The number of rotatable bonds is 6. The second kappa shape index (κ2) is 8.94. The van der Waals surface area contributed by atoms with E-state index < -0.39 is 16.1 Å². The van der Waals surface area contributed by atoms with Crippen LogP contribution in [0.3, 0.4) is 0 Å². The quantitative estimate of drug-likeness (QED) is 0.711. The van der Waals surface area contributed by atoms with E-state index >= 15 is 0 Å². The molecular weight excluding hydrogens is 423 g/mol. The van der Waals surface area contributed by atoms with Gasteiger partial charge >= 0.3 is 0 Å². The molecule has 1 aromatic carbocycles. The normalized spacial score (nSPS) is 17.4. The molecule has 10 heteroatoms. The molecule has 1 aliphatic rings. The Hall–Kier alpha value is -1.42. The summed E-state index contributed by atoms with van der Waals surface area (Å²) in [5.41, 5.74) is 0.583. The fraction of sp³-hybridized carbons (Fsp3) is 0.389. The number of nitrogens with one attached hydrogen (secondary N) is 1. The Morgan fingerprint density at radius 3 is 2.36 bits per heavy atom. The van der Waals surface area contributed by atoms with Crippen LogP contribution in [0.25, 0.3) is 0 Å². The van der Waals surface area contributed by atoms with Gasteiger partial charge in [-0.25, -0.2) is 13.4 Å². The largest absolute Gasteiger partial charge is 0.387 e. The summed E-state index contributed by atoms with van der Waals surface area (Å²) < 4.78 is 26.9. The van der Waals surface area contributed by atoms with Crippen molar-refractivity contribution >= 4 is 39.0 Å². The van der Waals surface area contributed by atoms with E-state index in [2.05, 4.69) is 15.2 Å². The third kappa shape index (κ3) is 5.14. The van der Waals surface area contributed by atoms with Gasteiger partial charge in [0.25, 0.3) is 0 Å². The Kier molecular flexibility index (Phi) is 6.80. The number of hydrogen-bond acceptors (Lipinski definition) is 6. The minimum Gasteiger partial charge on any atom is -0.387 e. The zero-order chi connectivity index (χ0) is 20.3. The van der Waals surface area contributed by atoms with Gasteiger partial charge in [0.2, 0.25) is 10.0 Å². The SMILES string of the molecule is CN1CCN(S(=O)(=O)c2ccc(NCC(O)c3cc(Cl)cc(Cl)c3)nc2)CC1. The number of hydrogen-bond donors (Lipinski definition) is 2. The number of halogens is 2.